The van der Waals surface area contributed by atoms with Gasteiger partial charge in [0.1, 0.15) is 5.75 Å². The maximum atomic E-state index is 11.6. The minimum Gasteiger partial charge on any atom is -0.494 e. The summed E-state index contributed by atoms with van der Waals surface area (Å²) in [6.45, 7) is 4.59. The molecule has 0 saturated carbocycles. The summed E-state index contributed by atoms with van der Waals surface area (Å²) in [6, 6.07) is 5.82. The Balaban J connectivity index is 2.67. The molecule has 0 spiro atoms. The van der Waals surface area contributed by atoms with E-state index >= 15 is 0 Å². The van der Waals surface area contributed by atoms with Gasteiger partial charge in [0.15, 0.2) is 0 Å². The zero-order chi connectivity index (χ0) is 12.8. The molecule has 1 N–H and O–H groups in total. The van der Waals surface area contributed by atoms with Crippen LogP contribution in [0.4, 0.5) is 0 Å². The molecule has 0 heterocycles. The zero-order valence-electron chi connectivity index (χ0n) is 10.9. The maximum Gasteiger partial charge on any atom is 0.238 e. The third-order valence-electron chi connectivity index (χ3n) is 2.25. The van der Waals surface area contributed by atoms with E-state index in [1.807, 2.05) is 32.0 Å². The molecule has 1 aromatic carbocycles. The molecule has 0 aliphatic carbocycles. The lowest BCUT2D eigenvalue weighted by atomic mass is 10.1. The standard InChI is InChI=1S/C13H20N2O2/c1-5-17-12-7-6-11(8-10(12)2)9-13(16)14-15(3)4/h6-8H,5,9H2,1-4H3,(H,14,16). The number of benzene rings is 1. The first-order valence-electron chi connectivity index (χ1n) is 5.72. The number of amides is 1. The highest BCUT2D eigenvalue weighted by Crippen LogP contribution is 2.19. The summed E-state index contributed by atoms with van der Waals surface area (Å²) in [6.07, 6.45) is 0.380. The van der Waals surface area contributed by atoms with Gasteiger partial charge in [-0.3, -0.25) is 10.2 Å². The van der Waals surface area contributed by atoms with Crippen LogP contribution in [0.1, 0.15) is 18.1 Å². The van der Waals surface area contributed by atoms with Crippen LogP contribution >= 0.6 is 0 Å². The average Bonchev–Trinajstić information content (AvgIpc) is 2.21. The second kappa shape index (κ2) is 6.25. The highest BCUT2D eigenvalue weighted by atomic mass is 16.5. The number of ether oxygens (including phenoxy) is 1. The number of nitrogens with zero attached hydrogens (tertiary/aromatic N) is 1. The molecule has 94 valence electrons. The highest BCUT2D eigenvalue weighted by Gasteiger charge is 2.06. The van der Waals surface area contributed by atoms with E-state index in [1.165, 1.54) is 0 Å². The summed E-state index contributed by atoms with van der Waals surface area (Å²) in [7, 11) is 3.59. The molecular formula is C13H20N2O2. The monoisotopic (exact) mass is 236 g/mol. The van der Waals surface area contributed by atoms with E-state index in [-0.39, 0.29) is 5.91 Å². The van der Waals surface area contributed by atoms with Gasteiger partial charge in [0, 0.05) is 14.1 Å². The van der Waals surface area contributed by atoms with E-state index in [9.17, 15) is 4.79 Å². The van der Waals surface area contributed by atoms with Crippen molar-refractivity contribution in [2.75, 3.05) is 20.7 Å². The first-order valence-corrected chi connectivity index (χ1v) is 5.72. The molecule has 0 unspecified atom stereocenters. The lowest BCUT2D eigenvalue weighted by Gasteiger charge is -2.12. The topological polar surface area (TPSA) is 41.6 Å². The number of aryl methyl sites for hydroxylation is 1. The molecule has 0 aromatic heterocycles. The van der Waals surface area contributed by atoms with E-state index in [2.05, 4.69) is 5.43 Å². The maximum absolute atomic E-state index is 11.6. The van der Waals surface area contributed by atoms with E-state index in [0.717, 1.165) is 16.9 Å². The molecule has 0 atom stereocenters. The van der Waals surface area contributed by atoms with Crippen LogP contribution in [0.5, 0.6) is 5.75 Å². The normalized spacial score (nSPS) is 10.4. The van der Waals surface area contributed by atoms with Gasteiger partial charge in [0.25, 0.3) is 0 Å². The summed E-state index contributed by atoms with van der Waals surface area (Å²) in [4.78, 5) is 11.6. The quantitative estimate of drug-likeness (QED) is 0.788. The van der Waals surface area contributed by atoms with Gasteiger partial charge in [-0.2, -0.15) is 0 Å². The molecule has 4 nitrogen and oxygen atoms in total. The van der Waals surface area contributed by atoms with Crippen molar-refractivity contribution in [2.45, 2.75) is 20.3 Å². The van der Waals surface area contributed by atoms with Crippen LogP contribution in [0.25, 0.3) is 0 Å². The molecule has 1 rings (SSSR count). The SMILES string of the molecule is CCOc1ccc(CC(=O)NN(C)C)cc1C. The summed E-state index contributed by atoms with van der Waals surface area (Å²) in [5, 5.41) is 1.64. The molecule has 0 saturated heterocycles. The Morgan fingerprint density at radius 1 is 1.41 bits per heavy atom. The fourth-order valence-electron chi connectivity index (χ4n) is 1.61. The summed E-state index contributed by atoms with van der Waals surface area (Å²) >= 11 is 0. The second-order valence-electron chi connectivity index (χ2n) is 4.14. The Bertz CT molecular complexity index is 389. The number of rotatable bonds is 5. The Hall–Kier alpha value is -1.55. The third kappa shape index (κ3) is 4.44. The first kappa shape index (κ1) is 13.5. The molecule has 0 aliphatic heterocycles. The van der Waals surface area contributed by atoms with Gasteiger partial charge in [-0.05, 0) is 31.0 Å². The van der Waals surface area contributed by atoms with Crippen LogP contribution in [0.2, 0.25) is 0 Å². The van der Waals surface area contributed by atoms with Gasteiger partial charge in [-0.25, -0.2) is 5.01 Å². The predicted molar refractivity (Wildman–Crippen MR) is 67.9 cm³/mol. The molecule has 0 aliphatic rings. The van der Waals surface area contributed by atoms with Crippen molar-refractivity contribution >= 4 is 5.91 Å². The van der Waals surface area contributed by atoms with Crippen molar-refractivity contribution in [3.05, 3.63) is 29.3 Å². The van der Waals surface area contributed by atoms with Gasteiger partial charge < -0.3 is 4.74 Å². The smallest absolute Gasteiger partial charge is 0.238 e. The molecular weight excluding hydrogens is 216 g/mol. The second-order valence-corrected chi connectivity index (χ2v) is 4.14. The molecule has 0 bridgehead atoms. The van der Waals surface area contributed by atoms with E-state index < -0.39 is 0 Å². The Morgan fingerprint density at radius 2 is 2.12 bits per heavy atom. The molecule has 1 amide bonds. The Morgan fingerprint density at radius 3 is 2.65 bits per heavy atom. The lowest BCUT2D eigenvalue weighted by molar-refractivity contribution is -0.124. The van der Waals surface area contributed by atoms with E-state index in [0.29, 0.717) is 13.0 Å². The van der Waals surface area contributed by atoms with E-state index in [4.69, 9.17) is 4.74 Å². The molecule has 0 radical (unpaired) electrons. The largest absolute Gasteiger partial charge is 0.494 e. The lowest BCUT2D eigenvalue weighted by Crippen LogP contribution is -2.37. The summed E-state index contributed by atoms with van der Waals surface area (Å²) in [5.74, 6) is 0.864. The third-order valence-corrected chi connectivity index (χ3v) is 2.25. The van der Waals surface area contributed by atoms with E-state index in [1.54, 1.807) is 19.1 Å². The number of hydrazine groups is 1. The van der Waals surface area contributed by atoms with Crippen LogP contribution < -0.4 is 10.2 Å². The number of carbonyl (C=O) groups excluding carboxylic acids is 1. The Kier molecular flexibility index (Phi) is 4.97. The Labute approximate surface area is 103 Å². The van der Waals surface area contributed by atoms with Crippen molar-refractivity contribution in [1.82, 2.24) is 10.4 Å². The number of carbonyl (C=O) groups is 1. The first-order chi connectivity index (χ1) is 8.02. The van der Waals surface area contributed by atoms with Crippen LogP contribution in [-0.4, -0.2) is 31.6 Å². The highest BCUT2D eigenvalue weighted by molar-refractivity contribution is 5.78. The molecule has 4 heteroatoms. The number of hydrogen-bond acceptors (Lipinski definition) is 3. The van der Waals surface area contributed by atoms with Gasteiger partial charge in [-0.15, -0.1) is 0 Å². The van der Waals surface area contributed by atoms with Gasteiger partial charge >= 0.3 is 0 Å². The van der Waals surface area contributed by atoms with Crippen molar-refractivity contribution in [1.29, 1.82) is 0 Å². The van der Waals surface area contributed by atoms with Crippen LogP contribution in [-0.2, 0) is 11.2 Å². The van der Waals surface area contributed by atoms with Crippen molar-refractivity contribution < 1.29 is 9.53 Å². The minimum absolute atomic E-state index is 0.0152. The van der Waals surface area contributed by atoms with Crippen molar-refractivity contribution in [3.63, 3.8) is 0 Å². The van der Waals surface area contributed by atoms with Crippen molar-refractivity contribution in [2.24, 2.45) is 0 Å². The number of nitrogens with one attached hydrogen (secondary N) is 1. The fraction of sp³-hybridized carbons (Fsp3) is 0.462. The molecule has 0 fully saturated rings. The average molecular weight is 236 g/mol. The minimum atomic E-state index is -0.0152. The van der Waals surface area contributed by atoms with Gasteiger partial charge in [0.05, 0.1) is 13.0 Å². The van der Waals surface area contributed by atoms with Gasteiger partial charge in [-0.1, -0.05) is 12.1 Å². The number of hydrogen-bond donors (Lipinski definition) is 1. The fourth-order valence-corrected chi connectivity index (χ4v) is 1.61. The van der Waals surface area contributed by atoms with Crippen LogP contribution in [0.15, 0.2) is 18.2 Å². The molecule has 1 aromatic rings. The van der Waals surface area contributed by atoms with Crippen LogP contribution in [0, 0.1) is 6.92 Å². The van der Waals surface area contributed by atoms with Crippen molar-refractivity contribution in [3.8, 4) is 5.75 Å². The summed E-state index contributed by atoms with van der Waals surface area (Å²) in [5.41, 5.74) is 4.76. The zero-order valence-corrected chi connectivity index (χ0v) is 10.9. The van der Waals surface area contributed by atoms with Gasteiger partial charge in [0.2, 0.25) is 5.91 Å². The summed E-state index contributed by atoms with van der Waals surface area (Å²) < 4.78 is 5.45. The molecule has 17 heavy (non-hydrogen) atoms. The van der Waals surface area contributed by atoms with Crippen LogP contribution in [0.3, 0.4) is 0 Å². The predicted octanol–water partition coefficient (Wildman–Crippen LogP) is 1.53.